The van der Waals surface area contributed by atoms with Crippen molar-refractivity contribution in [3.63, 3.8) is 0 Å². The molecular weight excluding hydrogens is 182 g/mol. The Morgan fingerprint density at radius 3 is 2.50 bits per heavy atom. The van der Waals surface area contributed by atoms with Crippen LogP contribution in [0.5, 0.6) is 0 Å². The number of aromatic amines is 1. The molecule has 0 aliphatic rings. The van der Waals surface area contributed by atoms with Gasteiger partial charge in [-0.2, -0.15) is 0 Å². The lowest BCUT2D eigenvalue weighted by molar-refractivity contribution is 0.0598. The maximum absolute atomic E-state index is 11.4. The molecule has 0 spiro atoms. The molecule has 0 bridgehead atoms. The zero-order valence-corrected chi connectivity index (χ0v) is 8.46. The number of esters is 1. The molecule has 1 heterocycles. The van der Waals surface area contributed by atoms with Gasteiger partial charge in [-0.15, -0.1) is 0 Å². The SMILES string of the molecule is COC(=O)c1ccc(C(C)C)[nH]c1=O. The van der Waals surface area contributed by atoms with Gasteiger partial charge in [0.15, 0.2) is 0 Å². The van der Waals surface area contributed by atoms with Crippen molar-refractivity contribution in [1.82, 2.24) is 4.98 Å². The fraction of sp³-hybridized carbons (Fsp3) is 0.400. The summed E-state index contributed by atoms with van der Waals surface area (Å²) >= 11 is 0. The lowest BCUT2D eigenvalue weighted by Gasteiger charge is -2.05. The summed E-state index contributed by atoms with van der Waals surface area (Å²) in [5, 5.41) is 0. The number of carbonyl (C=O) groups excluding carboxylic acids is 1. The summed E-state index contributed by atoms with van der Waals surface area (Å²) in [7, 11) is 1.25. The Labute approximate surface area is 81.9 Å². The van der Waals surface area contributed by atoms with Crippen molar-refractivity contribution >= 4 is 5.97 Å². The monoisotopic (exact) mass is 195 g/mol. The Balaban J connectivity index is 3.14. The van der Waals surface area contributed by atoms with Crippen LogP contribution in [0, 0.1) is 0 Å². The van der Waals surface area contributed by atoms with Crippen molar-refractivity contribution in [2.75, 3.05) is 7.11 Å². The van der Waals surface area contributed by atoms with Gasteiger partial charge in [0.05, 0.1) is 7.11 Å². The van der Waals surface area contributed by atoms with Gasteiger partial charge in [-0.3, -0.25) is 4.79 Å². The van der Waals surface area contributed by atoms with Crippen molar-refractivity contribution in [1.29, 1.82) is 0 Å². The molecule has 0 fully saturated rings. The molecule has 14 heavy (non-hydrogen) atoms. The number of aromatic nitrogens is 1. The molecule has 4 heteroatoms. The zero-order valence-electron chi connectivity index (χ0n) is 8.46. The first-order valence-electron chi connectivity index (χ1n) is 4.37. The normalized spacial score (nSPS) is 10.3. The minimum Gasteiger partial charge on any atom is -0.465 e. The Morgan fingerprint density at radius 2 is 2.07 bits per heavy atom. The van der Waals surface area contributed by atoms with Gasteiger partial charge in [-0.1, -0.05) is 13.8 Å². The highest BCUT2D eigenvalue weighted by molar-refractivity contribution is 5.88. The first kappa shape index (κ1) is 10.5. The van der Waals surface area contributed by atoms with Gasteiger partial charge in [0, 0.05) is 5.69 Å². The summed E-state index contributed by atoms with van der Waals surface area (Å²) in [6.45, 7) is 3.92. The molecule has 0 radical (unpaired) electrons. The predicted molar refractivity (Wildman–Crippen MR) is 52.5 cm³/mol. The summed E-state index contributed by atoms with van der Waals surface area (Å²) < 4.78 is 4.46. The summed E-state index contributed by atoms with van der Waals surface area (Å²) in [5.41, 5.74) is 0.447. The third kappa shape index (κ3) is 2.02. The van der Waals surface area contributed by atoms with Crippen molar-refractivity contribution in [2.24, 2.45) is 0 Å². The van der Waals surface area contributed by atoms with E-state index in [0.29, 0.717) is 0 Å². The number of nitrogens with one attached hydrogen (secondary N) is 1. The van der Waals surface area contributed by atoms with Crippen LogP contribution in [-0.2, 0) is 4.74 Å². The van der Waals surface area contributed by atoms with Gasteiger partial charge in [0.2, 0.25) is 0 Å². The standard InChI is InChI=1S/C10H13NO3/c1-6(2)8-5-4-7(9(12)11-8)10(13)14-3/h4-6H,1-3H3,(H,11,12). The van der Waals surface area contributed by atoms with Crippen LogP contribution in [0.2, 0.25) is 0 Å². The lowest BCUT2D eigenvalue weighted by Crippen LogP contribution is -2.20. The van der Waals surface area contributed by atoms with Crippen LogP contribution < -0.4 is 5.56 Å². The van der Waals surface area contributed by atoms with E-state index < -0.39 is 11.5 Å². The van der Waals surface area contributed by atoms with Crippen LogP contribution in [0.25, 0.3) is 0 Å². The quantitative estimate of drug-likeness (QED) is 0.723. The first-order valence-corrected chi connectivity index (χ1v) is 4.37. The fourth-order valence-electron chi connectivity index (χ4n) is 1.10. The number of pyridine rings is 1. The average molecular weight is 195 g/mol. The number of hydrogen-bond donors (Lipinski definition) is 1. The van der Waals surface area contributed by atoms with Crippen LogP contribution in [0.3, 0.4) is 0 Å². The van der Waals surface area contributed by atoms with E-state index in [1.165, 1.54) is 13.2 Å². The largest absolute Gasteiger partial charge is 0.465 e. The molecule has 0 unspecified atom stereocenters. The number of carbonyl (C=O) groups is 1. The van der Waals surface area contributed by atoms with Gasteiger partial charge in [-0.25, -0.2) is 4.79 Å². The van der Waals surface area contributed by atoms with Gasteiger partial charge in [0.1, 0.15) is 5.56 Å². The highest BCUT2D eigenvalue weighted by atomic mass is 16.5. The van der Waals surface area contributed by atoms with Crippen LogP contribution in [0.4, 0.5) is 0 Å². The Hall–Kier alpha value is -1.58. The molecule has 0 amide bonds. The van der Waals surface area contributed by atoms with E-state index in [2.05, 4.69) is 9.72 Å². The number of rotatable bonds is 2. The number of hydrogen-bond acceptors (Lipinski definition) is 3. The van der Waals surface area contributed by atoms with Crippen molar-refractivity contribution < 1.29 is 9.53 Å². The molecule has 1 aromatic heterocycles. The summed E-state index contributed by atoms with van der Waals surface area (Å²) in [5.74, 6) is -0.379. The maximum atomic E-state index is 11.4. The highest BCUT2D eigenvalue weighted by Crippen LogP contribution is 2.09. The topological polar surface area (TPSA) is 59.2 Å². The van der Waals surface area contributed by atoms with Crippen LogP contribution in [0.15, 0.2) is 16.9 Å². The molecule has 76 valence electrons. The van der Waals surface area contributed by atoms with Crippen LogP contribution >= 0.6 is 0 Å². The summed E-state index contributed by atoms with van der Waals surface area (Å²) in [4.78, 5) is 25.1. The first-order chi connectivity index (χ1) is 6.56. The molecule has 4 nitrogen and oxygen atoms in total. The molecule has 1 rings (SSSR count). The number of methoxy groups -OCH3 is 1. The van der Waals surface area contributed by atoms with Crippen molar-refractivity contribution in [3.8, 4) is 0 Å². The third-order valence-corrected chi connectivity index (χ3v) is 1.96. The van der Waals surface area contributed by atoms with Gasteiger partial charge in [0.25, 0.3) is 5.56 Å². The lowest BCUT2D eigenvalue weighted by atomic mass is 10.1. The molecular formula is C10H13NO3. The summed E-state index contributed by atoms with van der Waals surface area (Å²) in [6.07, 6.45) is 0. The van der Waals surface area contributed by atoms with Gasteiger partial charge < -0.3 is 9.72 Å². The Kier molecular flexibility index (Phi) is 3.06. The predicted octanol–water partition coefficient (Wildman–Crippen LogP) is 1.28. The van der Waals surface area contributed by atoms with E-state index in [-0.39, 0.29) is 11.5 Å². The van der Waals surface area contributed by atoms with Crippen LogP contribution in [-0.4, -0.2) is 18.1 Å². The van der Waals surface area contributed by atoms with E-state index in [1.807, 2.05) is 13.8 Å². The Morgan fingerprint density at radius 1 is 1.43 bits per heavy atom. The van der Waals surface area contributed by atoms with Gasteiger partial charge in [-0.05, 0) is 18.1 Å². The smallest absolute Gasteiger partial charge is 0.343 e. The molecule has 0 aromatic carbocycles. The van der Waals surface area contributed by atoms with Crippen LogP contribution in [0.1, 0.15) is 35.8 Å². The van der Waals surface area contributed by atoms with E-state index in [4.69, 9.17) is 0 Å². The van der Waals surface area contributed by atoms with Crippen molar-refractivity contribution in [2.45, 2.75) is 19.8 Å². The van der Waals surface area contributed by atoms with E-state index in [0.717, 1.165) is 5.69 Å². The minimum absolute atomic E-state index is 0.0388. The van der Waals surface area contributed by atoms with E-state index >= 15 is 0 Å². The average Bonchev–Trinajstić information content (AvgIpc) is 2.16. The second kappa shape index (κ2) is 4.09. The second-order valence-corrected chi connectivity index (χ2v) is 3.30. The molecule has 0 aliphatic carbocycles. The molecule has 1 aromatic rings. The molecule has 0 atom stereocenters. The Bertz CT molecular complexity index is 393. The minimum atomic E-state index is -0.610. The number of H-pyrrole nitrogens is 1. The zero-order chi connectivity index (χ0) is 10.7. The molecule has 1 N–H and O–H groups in total. The molecule has 0 aliphatic heterocycles. The van der Waals surface area contributed by atoms with Gasteiger partial charge >= 0.3 is 5.97 Å². The third-order valence-electron chi connectivity index (χ3n) is 1.96. The fourth-order valence-corrected chi connectivity index (χ4v) is 1.10. The van der Waals surface area contributed by atoms with E-state index in [1.54, 1.807) is 6.07 Å². The molecule has 0 saturated carbocycles. The summed E-state index contributed by atoms with van der Waals surface area (Å²) in [6, 6.07) is 3.21. The van der Waals surface area contributed by atoms with Crippen molar-refractivity contribution in [3.05, 3.63) is 33.7 Å². The molecule has 0 saturated heterocycles. The van der Waals surface area contributed by atoms with E-state index in [9.17, 15) is 9.59 Å². The maximum Gasteiger partial charge on any atom is 0.343 e. The second-order valence-electron chi connectivity index (χ2n) is 3.30. The highest BCUT2D eigenvalue weighted by Gasteiger charge is 2.11. The number of ether oxygens (including phenoxy) is 1.